The van der Waals surface area contributed by atoms with Crippen LogP contribution in [0.15, 0.2) is 29.4 Å². The second kappa shape index (κ2) is 4.85. The molecule has 20 heavy (non-hydrogen) atoms. The van der Waals surface area contributed by atoms with Gasteiger partial charge in [-0.25, -0.2) is 9.78 Å². The minimum Gasteiger partial charge on any atom is -0.478 e. The standard InChI is InChI=1S/C11H12N4O4S/c1-6-13-5-10(14-6)20(18,19)15-9-3-2-7(11(16)17)4-8(9)12/h2-5,15H,12H2,1H3,(H,13,14)(H,16,17). The Morgan fingerprint density at radius 3 is 2.65 bits per heavy atom. The summed E-state index contributed by atoms with van der Waals surface area (Å²) < 4.78 is 26.3. The lowest BCUT2D eigenvalue weighted by Crippen LogP contribution is -2.15. The molecule has 0 bridgehead atoms. The summed E-state index contributed by atoms with van der Waals surface area (Å²) in [5.41, 5.74) is 5.73. The van der Waals surface area contributed by atoms with E-state index in [-0.39, 0.29) is 22.0 Å². The first-order valence-corrected chi connectivity index (χ1v) is 6.95. The van der Waals surface area contributed by atoms with E-state index in [1.807, 2.05) is 0 Å². The Kier molecular flexibility index (Phi) is 3.36. The number of carbonyl (C=O) groups is 1. The molecule has 0 fully saturated rings. The molecular weight excluding hydrogens is 284 g/mol. The molecule has 1 aromatic heterocycles. The third-order valence-corrected chi connectivity index (χ3v) is 3.79. The van der Waals surface area contributed by atoms with Crippen LogP contribution in [0.3, 0.4) is 0 Å². The molecule has 0 saturated heterocycles. The highest BCUT2D eigenvalue weighted by molar-refractivity contribution is 7.92. The topological polar surface area (TPSA) is 138 Å². The van der Waals surface area contributed by atoms with Crippen molar-refractivity contribution in [3.63, 3.8) is 0 Å². The van der Waals surface area contributed by atoms with Gasteiger partial charge in [-0.15, -0.1) is 0 Å². The fourth-order valence-electron chi connectivity index (χ4n) is 1.52. The van der Waals surface area contributed by atoms with Gasteiger partial charge >= 0.3 is 5.97 Å². The maximum absolute atomic E-state index is 12.0. The molecule has 2 aromatic rings. The maximum atomic E-state index is 12.0. The maximum Gasteiger partial charge on any atom is 0.335 e. The number of nitrogens with zero attached hydrogens (tertiary/aromatic N) is 1. The van der Waals surface area contributed by atoms with Gasteiger partial charge in [-0.05, 0) is 25.1 Å². The predicted molar refractivity (Wildman–Crippen MR) is 71.9 cm³/mol. The third kappa shape index (κ3) is 2.72. The minimum atomic E-state index is -3.84. The van der Waals surface area contributed by atoms with Gasteiger partial charge in [0, 0.05) is 0 Å². The molecule has 106 valence electrons. The Morgan fingerprint density at radius 1 is 1.45 bits per heavy atom. The van der Waals surface area contributed by atoms with E-state index in [4.69, 9.17) is 10.8 Å². The zero-order chi connectivity index (χ0) is 14.9. The number of sulfonamides is 1. The second-order valence-electron chi connectivity index (χ2n) is 4.05. The van der Waals surface area contributed by atoms with Crippen LogP contribution in [0.2, 0.25) is 0 Å². The van der Waals surface area contributed by atoms with Crippen LogP contribution in [-0.4, -0.2) is 29.5 Å². The van der Waals surface area contributed by atoms with E-state index >= 15 is 0 Å². The molecule has 1 heterocycles. The molecule has 0 radical (unpaired) electrons. The van der Waals surface area contributed by atoms with Crippen LogP contribution < -0.4 is 10.5 Å². The number of aryl methyl sites for hydroxylation is 1. The number of hydrogen-bond donors (Lipinski definition) is 4. The van der Waals surface area contributed by atoms with Gasteiger partial charge < -0.3 is 15.8 Å². The van der Waals surface area contributed by atoms with Crippen molar-refractivity contribution >= 4 is 27.4 Å². The van der Waals surface area contributed by atoms with Gasteiger partial charge in [0.05, 0.1) is 23.1 Å². The van der Waals surface area contributed by atoms with E-state index in [1.165, 1.54) is 24.4 Å². The van der Waals surface area contributed by atoms with Gasteiger partial charge in [-0.3, -0.25) is 4.72 Å². The first-order valence-electron chi connectivity index (χ1n) is 5.47. The lowest BCUT2D eigenvalue weighted by molar-refractivity contribution is 0.0697. The molecule has 9 heteroatoms. The summed E-state index contributed by atoms with van der Waals surface area (Å²) in [6.07, 6.45) is 1.18. The summed E-state index contributed by atoms with van der Waals surface area (Å²) in [6.45, 7) is 1.62. The molecule has 0 saturated carbocycles. The SMILES string of the molecule is Cc1ncc(S(=O)(=O)Nc2ccc(C(=O)O)cc2N)[nH]1. The monoisotopic (exact) mass is 296 g/mol. The summed E-state index contributed by atoms with van der Waals surface area (Å²) >= 11 is 0. The van der Waals surface area contributed by atoms with E-state index in [0.717, 1.165) is 0 Å². The lowest BCUT2D eigenvalue weighted by Gasteiger charge is -2.09. The van der Waals surface area contributed by atoms with E-state index in [1.54, 1.807) is 6.92 Å². The Balaban J connectivity index is 2.32. The highest BCUT2D eigenvalue weighted by Crippen LogP contribution is 2.23. The highest BCUT2D eigenvalue weighted by atomic mass is 32.2. The van der Waals surface area contributed by atoms with Crippen molar-refractivity contribution in [1.82, 2.24) is 9.97 Å². The number of aromatic amines is 1. The molecule has 0 aliphatic rings. The van der Waals surface area contributed by atoms with Crippen molar-refractivity contribution in [2.45, 2.75) is 11.9 Å². The van der Waals surface area contributed by atoms with Crippen LogP contribution in [0, 0.1) is 6.92 Å². The largest absolute Gasteiger partial charge is 0.478 e. The summed E-state index contributed by atoms with van der Waals surface area (Å²) in [5, 5.41) is 8.71. The number of carboxylic acid groups (broad SMARTS) is 1. The summed E-state index contributed by atoms with van der Waals surface area (Å²) in [7, 11) is -3.84. The lowest BCUT2D eigenvalue weighted by atomic mass is 10.2. The van der Waals surface area contributed by atoms with Crippen LogP contribution in [-0.2, 0) is 10.0 Å². The molecule has 0 amide bonds. The Hall–Kier alpha value is -2.55. The Labute approximate surface area is 114 Å². The van der Waals surface area contributed by atoms with Crippen LogP contribution in [0.5, 0.6) is 0 Å². The first-order chi connectivity index (χ1) is 9.29. The van der Waals surface area contributed by atoms with Gasteiger partial charge in [0.25, 0.3) is 10.0 Å². The number of nitrogens with two attached hydrogens (primary N) is 1. The van der Waals surface area contributed by atoms with Gasteiger partial charge in [0.1, 0.15) is 5.82 Å². The molecule has 5 N–H and O–H groups in total. The molecular formula is C11H12N4O4S. The van der Waals surface area contributed by atoms with E-state index in [9.17, 15) is 13.2 Å². The van der Waals surface area contributed by atoms with Crippen LogP contribution in [0.25, 0.3) is 0 Å². The molecule has 0 aliphatic heterocycles. The van der Waals surface area contributed by atoms with Gasteiger partial charge in [-0.2, -0.15) is 8.42 Å². The number of nitrogens with one attached hydrogen (secondary N) is 2. The third-order valence-electron chi connectivity index (χ3n) is 2.51. The average Bonchev–Trinajstić information content (AvgIpc) is 2.79. The predicted octanol–water partition coefficient (Wildman–Crippen LogP) is 0.799. The zero-order valence-corrected chi connectivity index (χ0v) is 11.2. The highest BCUT2D eigenvalue weighted by Gasteiger charge is 2.18. The molecule has 2 rings (SSSR count). The van der Waals surface area contributed by atoms with Crippen LogP contribution in [0.4, 0.5) is 11.4 Å². The van der Waals surface area contributed by atoms with Crippen LogP contribution >= 0.6 is 0 Å². The minimum absolute atomic E-state index is 0.0183. The summed E-state index contributed by atoms with van der Waals surface area (Å²) in [4.78, 5) is 17.2. The average molecular weight is 296 g/mol. The van der Waals surface area contributed by atoms with Crippen molar-refractivity contribution in [3.8, 4) is 0 Å². The molecule has 8 nitrogen and oxygen atoms in total. The number of hydrogen-bond acceptors (Lipinski definition) is 5. The zero-order valence-electron chi connectivity index (χ0n) is 10.4. The van der Waals surface area contributed by atoms with Crippen LogP contribution in [0.1, 0.15) is 16.2 Å². The summed E-state index contributed by atoms with van der Waals surface area (Å²) in [6, 6.07) is 3.73. The number of aromatic carboxylic acids is 1. The number of H-pyrrole nitrogens is 1. The quantitative estimate of drug-likeness (QED) is 0.615. The number of rotatable bonds is 4. The normalized spacial score (nSPS) is 11.2. The number of carboxylic acids is 1. The van der Waals surface area contributed by atoms with Gasteiger partial charge in [0.15, 0.2) is 5.03 Å². The van der Waals surface area contributed by atoms with Crippen molar-refractivity contribution < 1.29 is 18.3 Å². The molecule has 0 spiro atoms. The number of benzene rings is 1. The fourth-order valence-corrected chi connectivity index (χ4v) is 2.58. The van der Waals surface area contributed by atoms with Gasteiger partial charge in [-0.1, -0.05) is 0 Å². The Morgan fingerprint density at radius 2 is 2.15 bits per heavy atom. The van der Waals surface area contributed by atoms with Gasteiger partial charge in [0.2, 0.25) is 0 Å². The van der Waals surface area contributed by atoms with E-state index in [2.05, 4.69) is 14.7 Å². The summed E-state index contributed by atoms with van der Waals surface area (Å²) in [5.74, 6) is -0.685. The molecule has 1 aromatic carbocycles. The van der Waals surface area contributed by atoms with Crippen molar-refractivity contribution in [1.29, 1.82) is 0 Å². The molecule has 0 atom stereocenters. The van der Waals surface area contributed by atoms with Crippen molar-refractivity contribution in [2.24, 2.45) is 0 Å². The number of nitrogen functional groups attached to an aromatic ring is 1. The molecule has 0 unspecified atom stereocenters. The Bertz CT molecular complexity index is 766. The van der Waals surface area contributed by atoms with Crippen molar-refractivity contribution in [3.05, 3.63) is 35.8 Å². The number of anilines is 2. The fraction of sp³-hybridized carbons (Fsp3) is 0.0909. The van der Waals surface area contributed by atoms with E-state index < -0.39 is 16.0 Å². The second-order valence-corrected chi connectivity index (χ2v) is 5.70. The van der Waals surface area contributed by atoms with E-state index in [0.29, 0.717) is 5.82 Å². The molecule has 0 aliphatic carbocycles. The number of aromatic nitrogens is 2. The number of imidazole rings is 1. The van der Waals surface area contributed by atoms with Crippen molar-refractivity contribution in [2.75, 3.05) is 10.5 Å². The first kappa shape index (κ1) is 13.9. The smallest absolute Gasteiger partial charge is 0.335 e.